The predicted molar refractivity (Wildman–Crippen MR) is 74.1 cm³/mol. The van der Waals surface area contributed by atoms with Gasteiger partial charge in [-0.1, -0.05) is 24.3 Å². The molecule has 1 aromatic carbocycles. The van der Waals surface area contributed by atoms with Crippen LogP contribution in [0.3, 0.4) is 0 Å². The van der Waals surface area contributed by atoms with Crippen LogP contribution in [0.5, 0.6) is 0 Å². The molecule has 1 rings (SSSR count). The van der Waals surface area contributed by atoms with Crippen LogP contribution in [-0.4, -0.2) is 17.4 Å². The number of alkyl halides is 1. The van der Waals surface area contributed by atoms with Crippen molar-refractivity contribution in [3.8, 4) is 0 Å². The quantitative estimate of drug-likeness (QED) is 0.573. The van der Waals surface area contributed by atoms with Crippen LogP contribution in [-0.2, 0) is 22.8 Å². The van der Waals surface area contributed by atoms with Gasteiger partial charge in [0.15, 0.2) is 0 Å². The lowest BCUT2D eigenvalue weighted by Gasteiger charge is -2.20. The van der Waals surface area contributed by atoms with Crippen molar-refractivity contribution in [3.05, 3.63) is 35.4 Å². The van der Waals surface area contributed by atoms with Gasteiger partial charge in [0.25, 0.3) is 0 Å². The maximum Gasteiger partial charge on any atom is 0.323 e. The zero-order chi connectivity index (χ0) is 15.2. The molecule has 0 aliphatic heterocycles. The number of amides is 2. The molecule has 0 bridgehead atoms. The largest absolute Gasteiger partial charge is 0.344 e. The molecule has 0 saturated carbocycles. The Kier molecular flexibility index (Phi) is 5.64. The minimum Gasteiger partial charge on any atom is -0.344 e. The first-order valence-electron chi connectivity index (χ1n) is 6.31. The van der Waals surface area contributed by atoms with Crippen LogP contribution in [0.15, 0.2) is 24.3 Å². The number of halogens is 1. The third-order valence-corrected chi connectivity index (χ3v) is 2.36. The molecule has 0 aliphatic carbocycles. The first-order valence-corrected chi connectivity index (χ1v) is 6.31. The Morgan fingerprint density at radius 2 is 1.80 bits per heavy atom. The van der Waals surface area contributed by atoms with Gasteiger partial charge in [-0.15, -0.1) is 0 Å². The van der Waals surface area contributed by atoms with Gasteiger partial charge in [-0.25, -0.2) is 9.82 Å². The monoisotopic (exact) mass is 281 g/mol. The molecule has 0 aliphatic rings. The summed E-state index contributed by atoms with van der Waals surface area (Å²) in [6, 6.07) is 6.76. The normalized spacial score (nSPS) is 11.0. The smallest absolute Gasteiger partial charge is 0.323 e. The Morgan fingerprint density at radius 3 is 2.40 bits per heavy atom. The van der Waals surface area contributed by atoms with E-state index in [9.17, 15) is 14.0 Å². The lowest BCUT2D eigenvalue weighted by atomic mass is 10.1. The van der Waals surface area contributed by atoms with Crippen molar-refractivity contribution in [3.63, 3.8) is 0 Å². The van der Waals surface area contributed by atoms with Gasteiger partial charge in [0.2, 0.25) is 0 Å². The molecule has 0 spiro atoms. The Labute approximate surface area is 117 Å². The van der Waals surface area contributed by atoms with E-state index >= 15 is 0 Å². The van der Waals surface area contributed by atoms with Gasteiger partial charge in [0, 0.05) is 12.1 Å². The first kappa shape index (κ1) is 16.1. The van der Waals surface area contributed by atoms with Gasteiger partial charge >= 0.3 is 11.8 Å². The van der Waals surface area contributed by atoms with Gasteiger partial charge in [-0.05, 0) is 31.9 Å². The minimum absolute atomic E-state index is 0.176. The van der Waals surface area contributed by atoms with Crippen molar-refractivity contribution < 1.29 is 14.0 Å². The van der Waals surface area contributed by atoms with E-state index in [1.807, 2.05) is 20.8 Å². The summed E-state index contributed by atoms with van der Waals surface area (Å²) in [6.45, 7) is 5.18. The summed E-state index contributed by atoms with van der Waals surface area (Å²) in [5, 5.41) is 2.47. The van der Waals surface area contributed by atoms with Crippen molar-refractivity contribution in [2.75, 3.05) is 0 Å². The van der Waals surface area contributed by atoms with Crippen LogP contribution >= 0.6 is 0 Å². The van der Waals surface area contributed by atoms with Crippen LogP contribution in [0, 0.1) is 0 Å². The molecule has 20 heavy (non-hydrogen) atoms. The number of rotatable bonds is 4. The number of benzene rings is 1. The van der Waals surface area contributed by atoms with E-state index in [0.29, 0.717) is 5.56 Å². The number of hydrogen-bond acceptors (Lipinski definition) is 3. The van der Waals surface area contributed by atoms with Crippen LogP contribution in [0.4, 0.5) is 4.39 Å². The molecule has 0 atom stereocenters. The summed E-state index contributed by atoms with van der Waals surface area (Å²) in [6.07, 6.45) is 0. The van der Waals surface area contributed by atoms with E-state index in [4.69, 9.17) is 0 Å². The predicted octanol–water partition coefficient (Wildman–Crippen LogP) is 1.19. The average Bonchev–Trinajstić information content (AvgIpc) is 2.41. The molecule has 1 aromatic rings. The fourth-order valence-corrected chi connectivity index (χ4v) is 1.39. The van der Waals surface area contributed by atoms with Crippen LogP contribution in [0.2, 0.25) is 0 Å². The number of carbonyl (C=O) groups is 2. The number of hydrogen-bond donors (Lipinski definition) is 3. The maximum atomic E-state index is 12.5. The highest BCUT2D eigenvalue weighted by Gasteiger charge is 2.16. The van der Waals surface area contributed by atoms with E-state index in [1.165, 1.54) is 0 Å². The molecule has 0 fully saturated rings. The summed E-state index contributed by atoms with van der Waals surface area (Å²) in [4.78, 5) is 23.0. The summed E-state index contributed by atoms with van der Waals surface area (Å²) < 4.78 is 12.5. The summed E-state index contributed by atoms with van der Waals surface area (Å²) in [7, 11) is 0. The van der Waals surface area contributed by atoms with Gasteiger partial charge in [0.05, 0.1) is 0 Å². The summed E-state index contributed by atoms with van der Waals surface area (Å²) in [5.74, 6) is -1.51. The lowest BCUT2D eigenvalue weighted by molar-refractivity contribution is -0.140. The summed E-state index contributed by atoms with van der Waals surface area (Å²) in [5.41, 5.74) is 5.98. The second kappa shape index (κ2) is 7.00. The highest BCUT2D eigenvalue weighted by molar-refractivity contribution is 6.34. The standard InChI is InChI=1S/C14H20FN3O2/c1-14(2,3)18-17-13(20)12(19)16-9-11-6-4-5-10(7-11)8-15/h4-7,18H,8-9H2,1-3H3,(H,16,19)(H,17,20). The second-order valence-electron chi connectivity index (χ2n) is 5.47. The fourth-order valence-electron chi connectivity index (χ4n) is 1.39. The van der Waals surface area contributed by atoms with Crippen molar-refractivity contribution >= 4 is 11.8 Å². The van der Waals surface area contributed by atoms with Crippen LogP contribution in [0.1, 0.15) is 31.9 Å². The highest BCUT2D eigenvalue weighted by atomic mass is 19.1. The van der Waals surface area contributed by atoms with Crippen molar-refractivity contribution in [1.29, 1.82) is 0 Å². The Hall–Kier alpha value is -1.95. The minimum atomic E-state index is -0.762. The molecule has 110 valence electrons. The lowest BCUT2D eigenvalue weighted by Crippen LogP contribution is -2.52. The Bertz CT molecular complexity index is 484. The second-order valence-corrected chi connectivity index (χ2v) is 5.47. The zero-order valence-electron chi connectivity index (χ0n) is 11.9. The van der Waals surface area contributed by atoms with Crippen LogP contribution < -0.4 is 16.2 Å². The van der Waals surface area contributed by atoms with Crippen molar-refractivity contribution in [2.45, 2.75) is 39.5 Å². The molecular formula is C14H20FN3O2. The number of carbonyl (C=O) groups excluding carboxylic acids is 2. The molecule has 0 heterocycles. The van der Waals surface area contributed by atoms with E-state index in [-0.39, 0.29) is 12.1 Å². The van der Waals surface area contributed by atoms with E-state index in [2.05, 4.69) is 16.2 Å². The average molecular weight is 281 g/mol. The third kappa shape index (κ3) is 5.79. The fraction of sp³-hybridized carbons (Fsp3) is 0.429. The van der Waals surface area contributed by atoms with Crippen LogP contribution in [0.25, 0.3) is 0 Å². The maximum absolute atomic E-state index is 12.5. The molecule has 6 heteroatoms. The molecule has 2 amide bonds. The molecule has 0 radical (unpaired) electrons. The SMILES string of the molecule is CC(C)(C)NNC(=O)C(=O)NCc1cccc(CF)c1. The van der Waals surface area contributed by atoms with Gasteiger partial charge in [0.1, 0.15) is 6.67 Å². The summed E-state index contributed by atoms with van der Waals surface area (Å²) >= 11 is 0. The molecule has 5 nitrogen and oxygen atoms in total. The molecule has 0 saturated heterocycles. The molecular weight excluding hydrogens is 261 g/mol. The van der Waals surface area contributed by atoms with E-state index < -0.39 is 18.5 Å². The van der Waals surface area contributed by atoms with Gasteiger partial charge in [-0.2, -0.15) is 0 Å². The first-order chi connectivity index (χ1) is 9.31. The van der Waals surface area contributed by atoms with Crippen molar-refractivity contribution in [2.24, 2.45) is 0 Å². The van der Waals surface area contributed by atoms with E-state index in [1.54, 1.807) is 24.3 Å². The van der Waals surface area contributed by atoms with E-state index in [0.717, 1.165) is 5.56 Å². The zero-order valence-corrected chi connectivity index (χ0v) is 11.9. The van der Waals surface area contributed by atoms with Gasteiger partial charge in [-0.3, -0.25) is 15.0 Å². The number of hydrazine groups is 1. The Morgan fingerprint density at radius 1 is 1.15 bits per heavy atom. The van der Waals surface area contributed by atoms with Crippen molar-refractivity contribution in [1.82, 2.24) is 16.2 Å². The Balaban J connectivity index is 2.44. The molecule has 0 unspecified atom stereocenters. The molecule has 3 N–H and O–H groups in total. The molecule has 0 aromatic heterocycles. The topological polar surface area (TPSA) is 70.2 Å². The third-order valence-electron chi connectivity index (χ3n) is 2.36. The highest BCUT2D eigenvalue weighted by Crippen LogP contribution is 2.06. The van der Waals surface area contributed by atoms with Gasteiger partial charge < -0.3 is 5.32 Å². The number of nitrogens with one attached hydrogen (secondary N) is 3.